The number of rotatable bonds is 6. The van der Waals surface area contributed by atoms with Crippen LogP contribution in [0.4, 0.5) is 5.69 Å². The Morgan fingerprint density at radius 1 is 1.11 bits per heavy atom. The van der Waals surface area contributed by atoms with Crippen molar-refractivity contribution in [3.63, 3.8) is 0 Å². The summed E-state index contributed by atoms with van der Waals surface area (Å²) in [5, 5.41) is 21.5. The number of carbonyl (C=O) groups is 2. The number of amides is 2. The third-order valence-electron chi connectivity index (χ3n) is 4.86. The van der Waals surface area contributed by atoms with Gasteiger partial charge in [-0.2, -0.15) is 0 Å². The molecular formula is C20H20N2O6. The Kier molecular flexibility index (Phi) is 5.15. The van der Waals surface area contributed by atoms with Gasteiger partial charge in [0.15, 0.2) is 0 Å². The van der Waals surface area contributed by atoms with E-state index in [0.29, 0.717) is 5.75 Å². The average Bonchev–Trinajstić information content (AvgIpc) is 2.89. The number of imide groups is 1. The molecule has 0 saturated heterocycles. The molecule has 0 aromatic heterocycles. The molecule has 2 aromatic rings. The third-order valence-corrected chi connectivity index (χ3v) is 4.86. The summed E-state index contributed by atoms with van der Waals surface area (Å²) in [6.45, 7) is 5.31. The molecule has 0 fully saturated rings. The minimum Gasteiger partial charge on any atom is -0.490 e. The van der Waals surface area contributed by atoms with Crippen LogP contribution in [0.2, 0.25) is 0 Å². The van der Waals surface area contributed by atoms with Gasteiger partial charge in [-0.3, -0.25) is 24.6 Å². The number of aliphatic hydroxyl groups is 1. The van der Waals surface area contributed by atoms with Crippen molar-refractivity contribution in [3.8, 4) is 5.75 Å². The van der Waals surface area contributed by atoms with Crippen LogP contribution in [0.5, 0.6) is 5.75 Å². The zero-order valence-corrected chi connectivity index (χ0v) is 15.8. The van der Waals surface area contributed by atoms with E-state index in [4.69, 9.17) is 4.74 Å². The first kappa shape index (κ1) is 19.5. The molecule has 0 radical (unpaired) electrons. The molecule has 0 unspecified atom stereocenters. The Labute approximate surface area is 161 Å². The number of nitro benzene ring substituents is 1. The van der Waals surface area contributed by atoms with E-state index in [0.717, 1.165) is 21.6 Å². The normalized spacial score (nSPS) is 14.2. The lowest BCUT2D eigenvalue weighted by molar-refractivity contribution is -0.385. The van der Waals surface area contributed by atoms with E-state index in [1.165, 1.54) is 18.2 Å². The molecule has 1 N–H and O–H groups in total. The maximum Gasteiger partial charge on any atom is 0.282 e. The summed E-state index contributed by atoms with van der Waals surface area (Å²) in [6.07, 6.45) is -1.14. The molecule has 1 heterocycles. The van der Waals surface area contributed by atoms with Crippen LogP contribution in [0, 0.1) is 30.9 Å². The number of fused-ring (bicyclic) bond motifs is 1. The first-order chi connectivity index (χ1) is 13.2. The lowest BCUT2D eigenvalue weighted by Crippen LogP contribution is -2.39. The van der Waals surface area contributed by atoms with Crippen molar-refractivity contribution >= 4 is 17.5 Å². The molecule has 146 valence electrons. The van der Waals surface area contributed by atoms with E-state index in [1.54, 1.807) is 0 Å². The van der Waals surface area contributed by atoms with Gasteiger partial charge in [-0.1, -0.05) is 18.2 Å². The predicted molar refractivity (Wildman–Crippen MR) is 101 cm³/mol. The molecule has 0 bridgehead atoms. The lowest BCUT2D eigenvalue weighted by atomic mass is 10.1. The Balaban J connectivity index is 1.74. The molecule has 1 atom stereocenters. The van der Waals surface area contributed by atoms with Crippen LogP contribution in [0.25, 0.3) is 0 Å². The van der Waals surface area contributed by atoms with Crippen molar-refractivity contribution in [2.75, 3.05) is 13.2 Å². The highest BCUT2D eigenvalue weighted by Gasteiger charge is 2.41. The largest absolute Gasteiger partial charge is 0.490 e. The van der Waals surface area contributed by atoms with Crippen molar-refractivity contribution in [2.45, 2.75) is 26.9 Å². The topological polar surface area (TPSA) is 110 Å². The van der Waals surface area contributed by atoms with Crippen LogP contribution < -0.4 is 4.74 Å². The molecule has 0 saturated carbocycles. The highest BCUT2D eigenvalue weighted by Crippen LogP contribution is 2.31. The Morgan fingerprint density at radius 3 is 2.46 bits per heavy atom. The minimum absolute atomic E-state index is 0.0299. The maximum absolute atomic E-state index is 12.5. The van der Waals surface area contributed by atoms with Crippen molar-refractivity contribution in [2.24, 2.45) is 0 Å². The number of hydrogen-bond donors (Lipinski definition) is 1. The van der Waals surface area contributed by atoms with E-state index in [1.807, 2.05) is 32.9 Å². The van der Waals surface area contributed by atoms with Crippen LogP contribution in [0.3, 0.4) is 0 Å². The lowest BCUT2D eigenvalue weighted by Gasteiger charge is -2.20. The van der Waals surface area contributed by atoms with Gasteiger partial charge in [-0.15, -0.1) is 0 Å². The van der Waals surface area contributed by atoms with Crippen LogP contribution in [0.15, 0.2) is 30.3 Å². The molecule has 0 aliphatic carbocycles. The quantitative estimate of drug-likeness (QED) is 0.466. The number of benzene rings is 2. The van der Waals surface area contributed by atoms with E-state index < -0.39 is 28.5 Å². The van der Waals surface area contributed by atoms with Crippen molar-refractivity contribution < 1.29 is 24.4 Å². The number of ether oxygens (including phenoxy) is 1. The third kappa shape index (κ3) is 3.34. The molecule has 0 spiro atoms. The van der Waals surface area contributed by atoms with Gasteiger partial charge in [0, 0.05) is 6.07 Å². The maximum atomic E-state index is 12.5. The molecule has 28 heavy (non-hydrogen) atoms. The molecule has 8 nitrogen and oxygen atoms in total. The first-order valence-corrected chi connectivity index (χ1v) is 8.73. The molecule has 8 heteroatoms. The summed E-state index contributed by atoms with van der Waals surface area (Å²) in [4.78, 5) is 36.3. The van der Waals surface area contributed by atoms with Gasteiger partial charge in [0.05, 0.1) is 17.0 Å². The van der Waals surface area contributed by atoms with Crippen LogP contribution in [-0.4, -0.2) is 46.0 Å². The molecule has 1 aliphatic rings. The molecule has 2 aromatic carbocycles. The van der Waals surface area contributed by atoms with Gasteiger partial charge in [-0.05, 0) is 43.5 Å². The summed E-state index contributed by atoms with van der Waals surface area (Å²) in [5.74, 6) is -0.794. The second-order valence-corrected chi connectivity index (χ2v) is 6.80. The van der Waals surface area contributed by atoms with E-state index in [9.17, 15) is 24.8 Å². The van der Waals surface area contributed by atoms with Gasteiger partial charge in [0.2, 0.25) is 0 Å². The fraction of sp³-hybridized carbons (Fsp3) is 0.300. The minimum atomic E-state index is -1.14. The van der Waals surface area contributed by atoms with Gasteiger partial charge in [-0.25, -0.2) is 0 Å². The summed E-state index contributed by atoms with van der Waals surface area (Å²) >= 11 is 0. The van der Waals surface area contributed by atoms with E-state index >= 15 is 0 Å². The summed E-state index contributed by atoms with van der Waals surface area (Å²) in [6, 6.07) is 7.78. The fourth-order valence-corrected chi connectivity index (χ4v) is 3.22. The van der Waals surface area contributed by atoms with Gasteiger partial charge >= 0.3 is 0 Å². The number of nitro groups is 1. The van der Waals surface area contributed by atoms with E-state index in [-0.39, 0.29) is 24.3 Å². The van der Waals surface area contributed by atoms with Crippen molar-refractivity contribution in [1.82, 2.24) is 4.90 Å². The van der Waals surface area contributed by atoms with Crippen LogP contribution in [0.1, 0.15) is 37.4 Å². The highest BCUT2D eigenvalue weighted by atomic mass is 16.6. The average molecular weight is 384 g/mol. The molecule has 3 rings (SSSR count). The Bertz CT molecular complexity index is 985. The number of nitrogens with zero attached hydrogens (tertiary/aromatic N) is 2. The molecular weight excluding hydrogens is 364 g/mol. The van der Waals surface area contributed by atoms with Crippen LogP contribution >= 0.6 is 0 Å². The number of β-amino-alcohol motifs (C(OH)–C–C–N with tert-alkyl or cyclic N) is 1. The second kappa shape index (κ2) is 7.40. The highest BCUT2D eigenvalue weighted by molar-refractivity contribution is 6.23. The summed E-state index contributed by atoms with van der Waals surface area (Å²) in [5.41, 5.74) is 2.21. The van der Waals surface area contributed by atoms with E-state index in [2.05, 4.69) is 0 Å². The SMILES string of the molecule is Cc1ccc(C)c(OC[C@@H](O)CN2C(=O)c3cccc([N+](=O)[O-])c3C2=O)c1C. The number of hydrogen-bond acceptors (Lipinski definition) is 6. The van der Waals surface area contributed by atoms with Gasteiger partial charge in [0.1, 0.15) is 24.0 Å². The smallest absolute Gasteiger partial charge is 0.282 e. The summed E-state index contributed by atoms with van der Waals surface area (Å²) in [7, 11) is 0. The van der Waals surface area contributed by atoms with Gasteiger partial charge in [0.25, 0.3) is 17.5 Å². The second-order valence-electron chi connectivity index (χ2n) is 6.80. The first-order valence-electron chi connectivity index (χ1n) is 8.73. The fourth-order valence-electron chi connectivity index (χ4n) is 3.22. The summed E-state index contributed by atoms with van der Waals surface area (Å²) < 4.78 is 5.72. The Hall–Kier alpha value is -3.26. The monoisotopic (exact) mass is 384 g/mol. The van der Waals surface area contributed by atoms with Crippen molar-refractivity contribution in [1.29, 1.82) is 0 Å². The number of carbonyl (C=O) groups excluding carboxylic acids is 2. The predicted octanol–water partition coefficient (Wildman–Crippen LogP) is 2.56. The zero-order valence-electron chi connectivity index (χ0n) is 15.8. The number of aliphatic hydroxyl groups excluding tert-OH is 1. The van der Waals surface area contributed by atoms with Crippen LogP contribution in [-0.2, 0) is 0 Å². The zero-order chi connectivity index (χ0) is 20.6. The molecule has 1 aliphatic heterocycles. The van der Waals surface area contributed by atoms with Gasteiger partial charge < -0.3 is 9.84 Å². The molecule has 2 amide bonds. The Morgan fingerprint density at radius 2 is 1.79 bits per heavy atom. The standard InChI is InChI=1S/C20H20N2O6/c1-11-7-8-12(2)18(13(11)3)28-10-14(23)9-21-19(24)15-5-4-6-16(22(26)27)17(15)20(21)25/h4-8,14,23H,9-10H2,1-3H3/t14-/m0/s1. The van der Waals surface area contributed by atoms with Crippen molar-refractivity contribution in [3.05, 3.63) is 68.3 Å². The number of aryl methyl sites for hydroxylation is 2.